The summed E-state index contributed by atoms with van der Waals surface area (Å²) >= 11 is 0. The molecule has 0 aliphatic rings. The van der Waals surface area contributed by atoms with Crippen LogP contribution in [0.5, 0.6) is 0 Å². The maximum Gasteiger partial charge on any atom is 0.138 e. The van der Waals surface area contributed by atoms with E-state index in [0.29, 0.717) is 12.1 Å². The van der Waals surface area contributed by atoms with E-state index in [4.69, 9.17) is 11.1 Å². The van der Waals surface area contributed by atoms with Crippen molar-refractivity contribution >= 4 is 5.84 Å². The lowest BCUT2D eigenvalue weighted by molar-refractivity contribution is 0.231. The molecule has 0 heterocycles. The molecule has 0 aromatic heterocycles. The van der Waals surface area contributed by atoms with Crippen LogP contribution in [-0.2, 0) is 6.54 Å². The Hall–Kier alpha value is -1.46. The van der Waals surface area contributed by atoms with E-state index in [1.54, 1.807) is 18.2 Å². The van der Waals surface area contributed by atoms with Crippen molar-refractivity contribution < 1.29 is 4.39 Å². The van der Waals surface area contributed by atoms with Crippen LogP contribution in [0, 0.1) is 11.2 Å². The Morgan fingerprint density at radius 1 is 1.25 bits per heavy atom. The fourth-order valence-corrected chi connectivity index (χ4v) is 2.08. The topological polar surface area (TPSA) is 56.4 Å². The van der Waals surface area contributed by atoms with Crippen molar-refractivity contribution in [3.63, 3.8) is 0 Å². The number of nitrogen functional groups attached to an aromatic ring is 1. The van der Waals surface area contributed by atoms with Gasteiger partial charge in [-0.3, -0.25) is 10.3 Å². The molecule has 0 spiro atoms. The fraction of sp³-hybridized carbons (Fsp3) is 0.533. The minimum atomic E-state index is -0.369. The van der Waals surface area contributed by atoms with E-state index in [2.05, 4.69) is 16.7 Å². The Balaban J connectivity index is 2.82. The van der Waals surface area contributed by atoms with E-state index in [9.17, 15) is 4.39 Å². The predicted molar refractivity (Wildman–Crippen MR) is 81.5 cm³/mol. The van der Waals surface area contributed by atoms with Crippen molar-refractivity contribution in [3.05, 3.63) is 35.1 Å². The van der Waals surface area contributed by atoms with Gasteiger partial charge in [0.15, 0.2) is 0 Å². The number of benzene rings is 1. The molecule has 20 heavy (non-hydrogen) atoms. The van der Waals surface area contributed by atoms with Gasteiger partial charge in [-0.05, 0) is 33.1 Å². The third-order valence-electron chi connectivity index (χ3n) is 3.17. The highest BCUT2D eigenvalue weighted by molar-refractivity contribution is 5.95. The first-order valence-corrected chi connectivity index (χ1v) is 6.94. The third-order valence-corrected chi connectivity index (χ3v) is 3.17. The van der Waals surface area contributed by atoms with E-state index < -0.39 is 0 Å². The van der Waals surface area contributed by atoms with Crippen molar-refractivity contribution in [2.75, 3.05) is 33.7 Å². The molecule has 0 aliphatic carbocycles. The minimum Gasteiger partial charge on any atom is -0.384 e. The van der Waals surface area contributed by atoms with Crippen molar-refractivity contribution in [1.82, 2.24) is 9.80 Å². The first kappa shape index (κ1) is 16.6. The van der Waals surface area contributed by atoms with Gasteiger partial charge in [0.1, 0.15) is 11.7 Å². The molecule has 0 amide bonds. The van der Waals surface area contributed by atoms with Crippen molar-refractivity contribution in [2.24, 2.45) is 5.73 Å². The zero-order chi connectivity index (χ0) is 15.1. The molecular formula is C15H25FN4. The molecule has 4 nitrogen and oxygen atoms in total. The molecule has 1 aromatic carbocycles. The number of amidine groups is 1. The minimum absolute atomic E-state index is 0.187. The Morgan fingerprint density at radius 3 is 2.50 bits per heavy atom. The van der Waals surface area contributed by atoms with Gasteiger partial charge in [-0.2, -0.15) is 0 Å². The predicted octanol–water partition coefficient (Wildman–Crippen LogP) is 1.88. The summed E-state index contributed by atoms with van der Waals surface area (Å²) in [6.07, 6.45) is 1.03. The summed E-state index contributed by atoms with van der Waals surface area (Å²) in [5.74, 6) is -0.592. The van der Waals surface area contributed by atoms with Gasteiger partial charge < -0.3 is 10.6 Å². The Kier molecular flexibility index (Phi) is 6.61. The van der Waals surface area contributed by atoms with Crippen LogP contribution in [0.25, 0.3) is 0 Å². The van der Waals surface area contributed by atoms with Gasteiger partial charge in [-0.25, -0.2) is 4.39 Å². The molecule has 0 fully saturated rings. The molecule has 112 valence electrons. The maximum absolute atomic E-state index is 14.3. The summed E-state index contributed by atoms with van der Waals surface area (Å²) in [5, 5.41) is 7.39. The molecular weight excluding hydrogens is 255 g/mol. The van der Waals surface area contributed by atoms with Crippen molar-refractivity contribution in [2.45, 2.75) is 19.9 Å². The average Bonchev–Trinajstić information content (AvgIpc) is 2.38. The summed E-state index contributed by atoms with van der Waals surface area (Å²) in [5.41, 5.74) is 6.18. The highest BCUT2D eigenvalue weighted by atomic mass is 19.1. The van der Waals surface area contributed by atoms with Crippen LogP contribution < -0.4 is 5.73 Å². The quantitative estimate of drug-likeness (QED) is 0.565. The van der Waals surface area contributed by atoms with Crippen LogP contribution >= 0.6 is 0 Å². The van der Waals surface area contributed by atoms with Crippen LogP contribution in [0.2, 0.25) is 0 Å². The monoisotopic (exact) mass is 280 g/mol. The molecule has 0 atom stereocenters. The molecule has 3 N–H and O–H groups in total. The smallest absolute Gasteiger partial charge is 0.138 e. The van der Waals surface area contributed by atoms with E-state index in [1.807, 2.05) is 14.1 Å². The molecule has 0 unspecified atom stereocenters. The molecule has 5 heteroatoms. The summed E-state index contributed by atoms with van der Waals surface area (Å²) in [6.45, 7) is 5.43. The Labute approximate surface area is 120 Å². The number of halogens is 1. The zero-order valence-corrected chi connectivity index (χ0v) is 12.6. The van der Waals surface area contributed by atoms with Crippen LogP contribution in [0.1, 0.15) is 24.5 Å². The molecule has 1 aromatic rings. The summed E-state index contributed by atoms with van der Waals surface area (Å²) in [6, 6.07) is 5.07. The Morgan fingerprint density at radius 2 is 1.95 bits per heavy atom. The molecule has 1 rings (SSSR count). The standard InChI is InChI=1S/C15H25FN4/c1-4-8-20(10-9-19(2)3)11-12-6-5-7-13(14(12)16)15(17)18/h5-7H,4,8-11H2,1-3H3,(H3,17,18). The van der Waals surface area contributed by atoms with Gasteiger partial charge in [0.25, 0.3) is 0 Å². The van der Waals surface area contributed by atoms with E-state index >= 15 is 0 Å². The number of nitrogens with one attached hydrogen (secondary N) is 1. The van der Waals surface area contributed by atoms with Crippen molar-refractivity contribution in [1.29, 1.82) is 5.41 Å². The van der Waals surface area contributed by atoms with Gasteiger partial charge >= 0.3 is 0 Å². The van der Waals surface area contributed by atoms with Gasteiger partial charge in [0, 0.05) is 25.2 Å². The second-order valence-corrected chi connectivity index (χ2v) is 5.27. The van der Waals surface area contributed by atoms with Crippen LogP contribution in [0.4, 0.5) is 4.39 Å². The lowest BCUT2D eigenvalue weighted by Crippen LogP contribution is -2.32. The average molecular weight is 280 g/mol. The van der Waals surface area contributed by atoms with Gasteiger partial charge in [-0.1, -0.05) is 19.1 Å². The second-order valence-electron chi connectivity index (χ2n) is 5.27. The van der Waals surface area contributed by atoms with Crippen LogP contribution in [0.15, 0.2) is 18.2 Å². The number of hydrogen-bond acceptors (Lipinski definition) is 3. The van der Waals surface area contributed by atoms with Crippen molar-refractivity contribution in [3.8, 4) is 0 Å². The molecule has 0 radical (unpaired) electrons. The lowest BCUT2D eigenvalue weighted by Gasteiger charge is -2.24. The Bertz CT molecular complexity index is 445. The lowest BCUT2D eigenvalue weighted by atomic mass is 10.1. The number of likely N-dealkylation sites (N-methyl/N-ethyl adjacent to an activating group) is 1. The summed E-state index contributed by atoms with van der Waals surface area (Å²) in [7, 11) is 4.06. The summed E-state index contributed by atoms with van der Waals surface area (Å²) < 4.78 is 14.3. The second kappa shape index (κ2) is 7.97. The molecule has 0 saturated heterocycles. The number of hydrogen-bond donors (Lipinski definition) is 2. The fourth-order valence-electron chi connectivity index (χ4n) is 2.08. The van der Waals surface area contributed by atoms with Gasteiger partial charge in [0.05, 0.1) is 5.56 Å². The first-order chi connectivity index (χ1) is 9.45. The molecule has 0 bridgehead atoms. The van der Waals surface area contributed by atoms with E-state index in [1.165, 1.54) is 0 Å². The largest absolute Gasteiger partial charge is 0.384 e. The number of nitrogens with zero attached hydrogens (tertiary/aromatic N) is 2. The van der Waals surface area contributed by atoms with E-state index in [-0.39, 0.29) is 17.2 Å². The highest BCUT2D eigenvalue weighted by Gasteiger charge is 2.13. The van der Waals surface area contributed by atoms with Gasteiger partial charge in [-0.15, -0.1) is 0 Å². The van der Waals surface area contributed by atoms with Crippen LogP contribution in [-0.4, -0.2) is 49.4 Å². The number of rotatable bonds is 8. The molecule has 0 saturated carbocycles. The highest BCUT2D eigenvalue weighted by Crippen LogP contribution is 2.15. The molecule has 0 aliphatic heterocycles. The third kappa shape index (κ3) is 4.90. The number of nitrogens with two attached hydrogens (primary N) is 1. The van der Waals surface area contributed by atoms with Crippen LogP contribution in [0.3, 0.4) is 0 Å². The first-order valence-electron chi connectivity index (χ1n) is 6.94. The van der Waals surface area contributed by atoms with E-state index in [0.717, 1.165) is 26.1 Å². The van der Waals surface area contributed by atoms with Gasteiger partial charge in [0.2, 0.25) is 0 Å². The SMILES string of the molecule is CCCN(CCN(C)C)Cc1cccc(C(=N)N)c1F. The normalized spacial score (nSPS) is 11.3. The summed E-state index contributed by atoms with van der Waals surface area (Å²) in [4.78, 5) is 4.34. The maximum atomic E-state index is 14.3. The zero-order valence-electron chi connectivity index (χ0n) is 12.6.